The number of amides is 1. The molecule has 1 aromatic rings. The molecule has 0 aromatic carbocycles. The first-order valence-corrected chi connectivity index (χ1v) is 6.99. The number of aromatic nitrogens is 2. The van der Waals surface area contributed by atoms with Gasteiger partial charge in [-0.05, 0) is 12.8 Å². The maximum absolute atomic E-state index is 13.1. The van der Waals surface area contributed by atoms with Gasteiger partial charge in [0.2, 0.25) is 5.91 Å². The maximum Gasteiger partial charge on any atom is 0.408 e. The van der Waals surface area contributed by atoms with Crippen molar-refractivity contribution in [2.45, 2.75) is 37.6 Å². The number of likely N-dealkylation sites (tertiary alicyclic amines) is 1. The van der Waals surface area contributed by atoms with Crippen molar-refractivity contribution >= 4 is 5.91 Å². The molecule has 1 fully saturated rings. The third-order valence-electron chi connectivity index (χ3n) is 3.88. The lowest BCUT2D eigenvalue weighted by Crippen LogP contribution is -2.57. The van der Waals surface area contributed by atoms with Crippen LogP contribution in [0.15, 0.2) is 21.9 Å². The quantitative estimate of drug-likeness (QED) is 0.784. The largest absolute Gasteiger partial charge is 0.408 e. The molecular weight excluding hydrogens is 317 g/mol. The molecule has 128 valence electrons. The van der Waals surface area contributed by atoms with Crippen molar-refractivity contribution in [3.05, 3.63) is 33.1 Å². The zero-order valence-corrected chi connectivity index (χ0v) is 12.4. The number of halogens is 3. The van der Waals surface area contributed by atoms with E-state index >= 15 is 0 Å². The Hall–Kier alpha value is -2.10. The van der Waals surface area contributed by atoms with Gasteiger partial charge in [-0.15, -0.1) is 0 Å². The lowest BCUT2D eigenvalue weighted by molar-refractivity contribution is -0.197. The van der Waals surface area contributed by atoms with Crippen LogP contribution >= 0.6 is 0 Å². The van der Waals surface area contributed by atoms with E-state index in [-0.39, 0.29) is 19.4 Å². The normalized spacial score (nSPS) is 22.2. The zero-order valence-electron chi connectivity index (χ0n) is 12.4. The number of carbonyl (C=O) groups is 1. The molecule has 2 N–H and O–H groups in total. The summed E-state index contributed by atoms with van der Waals surface area (Å²) in [6.45, 7) is -0.796. The minimum atomic E-state index is -4.55. The molecule has 1 aliphatic heterocycles. The summed E-state index contributed by atoms with van der Waals surface area (Å²) in [5.41, 5.74) is 4.33. The summed E-state index contributed by atoms with van der Waals surface area (Å²) < 4.78 is 40.9. The van der Waals surface area contributed by atoms with Gasteiger partial charge in [0.25, 0.3) is 5.56 Å². The number of nitrogens with two attached hydrogens (primary N) is 1. The lowest BCUT2D eigenvalue weighted by atomic mass is 9.98. The van der Waals surface area contributed by atoms with E-state index in [1.807, 2.05) is 0 Å². The van der Waals surface area contributed by atoms with Gasteiger partial charge in [0, 0.05) is 31.9 Å². The minimum absolute atomic E-state index is 0.174. The number of hydrogen-bond donors (Lipinski definition) is 1. The lowest BCUT2D eigenvalue weighted by Gasteiger charge is -2.39. The third-order valence-corrected chi connectivity index (χ3v) is 3.88. The summed E-state index contributed by atoms with van der Waals surface area (Å²) in [7, 11) is 1.22. The predicted molar refractivity (Wildman–Crippen MR) is 74.7 cm³/mol. The molecule has 10 heteroatoms. The number of hydrogen-bond acceptors (Lipinski definition) is 4. The van der Waals surface area contributed by atoms with Crippen LogP contribution in [0.2, 0.25) is 0 Å². The van der Waals surface area contributed by atoms with Crippen LogP contribution in [0.4, 0.5) is 13.2 Å². The van der Waals surface area contributed by atoms with Crippen LogP contribution < -0.4 is 17.0 Å². The average molecular weight is 334 g/mol. The van der Waals surface area contributed by atoms with Crippen LogP contribution in [0, 0.1) is 0 Å². The molecule has 1 aromatic heterocycles. The van der Waals surface area contributed by atoms with Crippen LogP contribution in [0.3, 0.4) is 0 Å². The van der Waals surface area contributed by atoms with Crippen molar-refractivity contribution in [1.29, 1.82) is 0 Å². The van der Waals surface area contributed by atoms with E-state index in [1.54, 1.807) is 0 Å². The highest BCUT2D eigenvalue weighted by Crippen LogP contribution is 2.31. The Bertz CT molecular complexity index is 710. The van der Waals surface area contributed by atoms with Crippen molar-refractivity contribution in [1.82, 2.24) is 14.0 Å². The monoisotopic (exact) mass is 334 g/mol. The molecule has 23 heavy (non-hydrogen) atoms. The first kappa shape index (κ1) is 17.3. The van der Waals surface area contributed by atoms with E-state index < -0.39 is 42.0 Å². The molecule has 0 saturated carbocycles. The summed E-state index contributed by atoms with van der Waals surface area (Å²) in [5, 5.41) is 0. The Labute approximate surface area is 129 Å². The number of nitrogens with zero attached hydrogens (tertiary/aromatic N) is 3. The molecule has 1 saturated heterocycles. The van der Waals surface area contributed by atoms with Crippen LogP contribution in [-0.4, -0.2) is 44.7 Å². The van der Waals surface area contributed by atoms with Crippen molar-refractivity contribution in [3.63, 3.8) is 0 Å². The highest BCUT2D eigenvalue weighted by Gasteiger charge is 2.47. The number of carbonyl (C=O) groups excluding carboxylic acids is 1. The molecule has 7 nitrogen and oxygen atoms in total. The van der Waals surface area contributed by atoms with Crippen LogP contribution in [0.5, 0.6) is 0 Å². The summed E-state index contributed by atoms with van der Waals surface area (Å²) in [4.78, 5) is 36.1. The summed E-state index contributed by atoms with van der Waals surface area (Å²) in [6, 6.07) is -1.37. The summed E-state index contributed by atoms with van der Waals surface area (Å²) >= 11 is 0. The van der Waals surface area contributed by atoms with Gasteiger partial charge in [0.05, 0.1) is 0 Å². The molecule has 0 radical (unpaired) electrons. The molecule has 2 heterocycles. The molecule has 2 rings (SSSR count). The standard InChI is InChI=1S/C13H17F3N4O3/c1-18-10(21)4-5-19(12(18)23)7-11(22)20-6-8(17)2-3-9(20)13(14,15)16/h4-5,8-9H,2-3,6-7,17H2,1H3/t8-,9-/m1/s1. The third kappa shape index (κ3) is 3.63. The van der Waals surface area contributed by atoms with E-state index in [1.165, 1.54) is 7.05 Å². The molecule has 2 atom stereocenters. The highest BCUT2D eigenvalue weighted by atomic mass is 19.4. The van der Waals surface area contributed by atoms with Crippen molar-refractivity contribution in [2.75, 3.05) is 6.54 Å². The average Bonchev–Trinajstić information content (AvgIpc) is 2.46. The van der Waals surface area contributed by atoms with E-state index in [4.69, 9.17) is 5.73 Å². The second kappa shape index (κ2) is 6.19. The highest BCUT2D eigenvalue weighted by molar-refractivity contribution is 5.76. The topological polar surface area (TPSA) is 90.3 Å². The van der Waals surface area contributed by atoms with E-state index in [0.717, 1.165) is 21.4 Å². The summed E-state index contributed by atoms with van der Waals surface area (Å²) in [5.74, 6) is -0.858. The molecule has 0 unspecified atom stereocenters. The Morgan fingerprint density at radius 1 is 1.35 bits per heavy atom. The van der Waals surface area contributed by atoms with Crippen molar-refractivity contribution in [3.8, 4) is 0 Å². The number of alkyl halides is 3. The van der Waals surface area contributed by atoms with Gasteiger partial charge < -0.3 is 10.6 Å². The fourth-order valence-corrected chi connectivity index (χ4v) is 2.59. The maximum atomic E-state index is 13.1. The fourth-order valence-electron chi connectivity index (χ4n) is 2.59. The smallest absolute Gasteiger partial charge is 0.327 e. The fraction of sp³-hybridized carbons (Fsp3) is 0.615. The van der Waals surface area contributed by atoms with Crippen LogP contribution in [0.25, 0.3) is 0 Å². The molecular formula is C13H17F3N4O3. The Balaban J connectivity index is 2.26. The first-order valence-electron chi connectivity index (χ1n) is 6.99. The first-order chi connectivity index (χ1) is 10.6. The Morgan fingerprint density at radius 3 is 2.61 bits per heavy atom. The number of rotatable bonds is 2. The SMILES string of the molecule is Cn1c(=O)ccn(CC(=O)N2C[C@H](N)CC[C@@H]2C(F)(F)F)c1=O. The van der Waals surface area contributed by atoms with Crippen molar-refractivity contribution in [2.24, 2.45) is 12.8 Å². The van der Waals surface area contributed by atoms with E-state index in [0.29, 0.717) is 4.90 Å². The van der Waals surface area contributed by atoms with Gasteiger partial charge in [0.15, 0.2) is 0 Å². The Kier molecular flexibility index (Phi) is 4.64. The van der Waals surface area contributed by atoms with E-state index in [2.05, 4.69) is 0 Å². The van der Waals surface area contributed by atoms with Gasteiger partial charge in [-0.1, -0.05) is 0 Å². The Morgan fingerprint density at radius 2 is 2.00 bits per heavy atom. The summed E-state index contributed by atoms with van der Waals surface area (Å²) in [6.07, 6.45) is -3.55. The van der Waals surface area contributed by atoms with Crippen molar-refractivity contribution < 1.29 is 18.0 Å². The van der Waals surface area contributed by atoms with Gasteiger partial charge in [0.1, 0.15) is 12.6 Å². The van der Waals surface area contributed by atoms with Gasteiger partial charge in [-0.2, -0.15) is 13.2 Å². The minimum Gasteiger partial charge on any atom is -0.327 e. The van der Waals surface area contributed by atoms with Crippen LogP contribution in [-0.2, 0) is 18.4 Å². The molecule has 0 aliphatic carbocycles. The number of piperidine rings is 1. The second-order valence-corrected chi connectivity index (χ2v) is 5.56. The van der Waals surface area contributed by atoms with Gasteiger partial charge >= 0.3 is 11.9 Å². The second-order valence-electron chi connectivity index (χ2n) is 5.56. The van der Waals surface area contributed by atoms with Gasteiger partial charge in [-0.25, -0.2) is 4.79 Å². The molecule has 1 aliphatic rings. The van der Waals surface area contributed by atoms with Crippen LogP contribution in [0.1, 0.15) is 12.8 Å². The van der Waals surface area contributed by atoms with E-state index in [9.17, 15) is 27.6 Å². The zero-order chi connectivity index (χ0) is 17.4. The molecule has 0 bridgehead atoms. The molecule has 1 amide bonds. The molecule has 0 spiro atoms. The van der Waals surface area contributed by atoms with Gasteiger partial charge in [-0.3, -0.25) is 18.7 Å². The predicted octanol–water partition coefficient (Wildman–Crippen LogP) is -0.572.